The van der Waals surface area contributed by atoms with Crippen LogP contribution >= 0.6 is 0 Å². The Balaban J connectivity index is 1.54. The van der Waals surface area contributed by atoms with Crippen LogP contribution in [0.4, 0.5) is 0 Å². The molecule has 1 N–H and O–H groups in total. The Bertz CT molecular complexity index is 923. The van der Waals surface area contributed by atoms with E-state index in [0.29, 0.717) is 31.3 Å². The summed E-state index contributed by atoms with van der Waals surface area (Å²) in [5.41, 5.74) is 0.634. The summed E-state index contributed by atoms with van der Waals surface area (Å²) in [5.74, 6) is 1.04. The predicted molar refractivity (Wildman–Crippen MR) is 111 cm³/mol. The van der Waals surface area contributed by atoms with Crippen LogP contribution in [0.5, 0.6) is 5.75 Å². The monoisotopic (exact) mass is 412 g/mol. The average molecular weight is 412 g/mol. The van der Waals surface area contributed by atoms with Gasteiger partial charge in [-0.2, -0.15) is 0 Å². The Hall–Kier alpha value is -2.87. The largest absolute Gasteiger partial charge is 0.497 e. The van der Waals surface area contributed by atoms with Crippen molar-refractivity contribution < 1.29 is 18.7 Å². The highest BCUT2D eigenvalue weighted by Gasteiger charge is 2.44. The quantitative estimate of drug-likeness (QED) is 0.828. The van der Waals surface area contributed by atoms with E-state index in [0.717, 1.165) is 30.8 Å². The summed E-state index contributed by atoms with van der Waals surface area (Å²) in [5, 5.41) is 3.20. The van der Waals surface area contributed by atoms with Gasteiger partial charge in [0.25, 0.3) is 5.91 Å². The topological polar surface area (TPSA) is 87.9 Å². The van der Waals surface area contributed by atoms with Gasteiger partial charge in [-0.25, -0.2) is 4.98 Å². The molecule has 2 fully saturated rings. The third-order valence-corrected chi connectivity index (χ3v) is 6.03. The molecule has 1 aromatic heterocycles. The van der Waals surface area contributed by atoms with Crippen molar-refractivity contribution in [1.82, 2.24) is 20.1 Å². The molecule has 1 aromatic carbocycles. The molecule has 1 spiro atoms. The molecule has 0 aliphatic carbocycles. The van der Waals surface area contributed by atoms with Gasteiger partial charge in [-0.3, -0.25) is 14.5 Å². The second-order valence-corrected chi connectivity index (χ2v) is 8.38. The SMILES string of the molecule is COc1ccc(-c2ocnc2C(=O)N2CCC3(C2)CN(C(C)C)CCC(=O)N3)cc1. The van der Waals surface area contributed by atoms with Crippen LogP contribution in [0, 0.1) is 0 Å². The van der Waals surface area contributed by atoms with Gasteiger partial charge in [-0.15, -0.1) is 0 Å². The number of methoxy groups -OCH3 is 1. The molecule has 2 amide bonds. The Labute approximate surface area is 176 Å². The molecular weight excluding hydrogens is 384 g/mol. The lowest BCUT2D eigenvalue weighted by molar-refractivity contribution is -0.122. The highest BCUT2D eigenvalue weighted by atomic mass is 16.5. The lowest BCUT2D eigenvalue weighted by Gasteiger charge is -2.34. The van der Waals surface area contributed by atoms with Gasteiger partial charge in [0.2, 0.25) is 5.91 Å². The second kappa shape index (κ2) is 8.10. The number of likely N-dealkylation sites (tertiary alicyclic amines) is 1. The van der Waals surface area contributed by atoms with Crippen molar-refractivity contribution in [2.75, 3.05) is 33.3 Å². The molecule has 30 heavy (non-hydrogen) atoms. The lowest BCUT2D eigenvalue weighted by Crippen LogP contribution is -2.55. The smallest absolute Gasteiger partial charge is 0.276 e. The highest BCUT2D eigenvalue weighted by molar-refractivity contribution is 5.98. The summed E-state index contributed by atoms with van der Waals surface area (Å²) >= 11 is 0. The number of oxazole rings is 1. The minimum Gasteiger partial charge on any atom is -0.497 e. The Morgan fingerprint density at radius 2 is 2.00 bits per heavy atom. The third-order valence-electron chi connectivity index (χ3n) is 6.03. The van der Waals surface area contributed by atoms with Gasteiger partial charge in [0.15, 0.2) is 17.8 Å². The number of rotatable bonds is 4. The van der Waals surface area contributed by atoms with Gasteiger partial charge in [-0.1, -0.05) is 0 Å². The van der Waals surface area contributed by atoms with E-state index in [4.69, 9.17) is 9.15 Å². The van der Waals surface area contributed by atoms with Crippen molar-refractivity contribution in [3.8, 4) is 17.1 Å². The van der Waals surface area contributed by atoms with E-state index < -0.39 is 5.54 Å². The van der Waals surface area contributed by atoms with E-state index in [9.17, 15) is 9.59 Å². The van der Waals surface area contributed by atoms with Crippen LogP contribution < -0.4 is 10.1 Å². The number of carbonyl (C=O) groups is 2. The lowest BCUT2D eigenvalue weighted by atomic mass is 9.97. The van der Waals surface area contributed by atoms with Gasteiger partial charge in [-0.05, 0) is 44.5 Å². The number of amides is 2. The van der Waals surface area contributed by atoms with E-state index in [2.05, 4.69) is 29.0 Å². The summed E-state index contributed by atoms with van der Waals surface area (Å²) in [6.45, 7) is 6.79. The Morgan fingerprint density at radius 1 is 1.23 bits per heavy atom. The molecule has 2 aromatic rings. The van der Waals surface area contributed by atoms with Crippen LogP contribution in [0.2, 0.25) is 0 Å². The molecule has 8 nitrogen and oxygen atoms in total. The van der Waals surface area contributed by atoms with E-state index >= 15 is 0 Å². The zero-order valence-corrected chi connectivity index (χ0v) is 17.7. The number of aromatic nitrogens is 1. The summed E-state index contributed by atoms with van der Waals surface area (Å²) in [6, 6.07) is 7.66. The van der Waals surface area contributed by atoms with E-state index in [1.54, 1.807) is 12.0 Å². The van der Waals surface area contributed by atoms with Gasteiger partial charge >= 0.3 is 0 Å². The van der Waals surface area contributed by atoms with Crippen molar-refractivity contribution in [2.24, 2.45) is 0 Å². The van der Waals surface area contributed by atoms with Crippen molar-refractivity contribution >= 4 is 11.8 Å². The van der Waals surface area contributed by atoms with Crippen LogP contribution in [0.3, 0.4) is 0 Å². The van der Waals surface area contributed by atoms with E-state index in [1.807, 2.05) is 24.3 Å². The molecule has 0 radical (unpaired) electrons. The first kappa shape index (κ1) is 20.4. The number of nitrogens with zero attached hydrogens (tertiary/aromatic N) is 3. The number of hydrogen-bond donors (Lipinski definition) is 1. The molecule has 2 aliphatic rings. The number of hydrogen-bond acceptors (Lipinski definition) is 6. The molecule has 2 aliphatic heterocycles. The first-order chi connectivity index (χ1) is 14.4. The van der Waals surface area contributed by atoms with Gasteiger partial charge in [0, 0.05) is 44.2 Å². The fraction of sp³-hybridized carbons (Fsp3) is 0.500. The highest BCUT2D eigenvalue weighted by Crippen LogP contribution is 2.30. The minimum absolute atomic E-state index is 0.0489. The van der Waals surface area contributed by atoms with Crippen LogP contribution in [0.1, 0.15) is 37.2 Å². The van der Waals surface area contributed by atoms with Crippen molar-refractivity contribution in [3.05, 3.63) is 36.4 Å². The first-order valence-corrected chi connectivity index (χ1v) is 10.3. The normalized spacial score (nSPS) is 22.4. The predicted octanol–water partition coefficient (Wildman–Crippen LogP) is 2.17. The van der Waals surface area contributed by atoms with E-state index in [-0.39, 0.29) is 17.5 Å². The molecule has 0 bridgehead atoms. The van der Waals surface area contributed by atoms with Crippen LogP contribution in [-0.4, -0.2) is 71.5 Å². The summed E-state index contributed by atoms with van der Waals surface area (Å²) in [4.78, 5) is 33.9. The second-order valence-electron chi connectivity index (χ2n) is 8.38. The van der Waals surface area contributed by atoms with Crippen LogP contribution in [-0.2, 0) is 4.79 Å². The number of carbonyl (C=O) groups excluding carboxylic acids is 2. The zero-order chi connectivity index (χ0) is 21.3. The van der Waals surface area contributed by atoms with Crippen LogP contribution in [0.15, 0.2) is 35.1 Å². The fourth-order valence-electron chi connectivity index (χ4n) is 4.32. The number of benzene rings is 1. The standard InChI is InChI=1S/C22H28N4O4/c1-15(2)25-10-8-18(27)24-22(12-25)9-11-26(13-22)21(28)19-20(30-14-23-19)16-4-6-17(29-3)7-5-16/h4-7,14-15H,8-13H2,1-3H3,(H,24,27). The maximum absolute atomic E-state index is 13.3. The van der Waals surface area contributed by atoms with Gasteiger partial charge in [0.1, 0.15) is 5.75 Å². The van der Waals surface area contributed by atoms with Gasteiger partial charge in [0.05, 0.1) is 12.6 Å². The summed E-state index contributed by atoms with van der Waals surface area (Å²) in [6.07, 6.45) is 2.51. The van der Waals surface area contributed by atoms with Crippen molar-refractivity contribution in [2.45, 2.75) is 38.3 Å². The summed E-state index contributed by atoms with van der Waals surface area (Å²) < 4.78 is 10.7. The molecule has 1 unspecified atom stereocenters. The molecule has 0 saturated carbocycles. The molecular formula is C22H28N4O4. The molecule has 3 heterocycles. The molecule has 8 heteroatoms. The summed E-state index contributed by atoms with van der Waals surface area (Å²) in [7, 11) is 1.61. The molecule has 1 atom stereocenters. The zero-order valence-electron chi connectivity index (χ0n) is 17.7. The Morgan fingerprint density at radius 3 is 2.70 bits per heavy atom. The fourth-order valence-corrected chi connectivity index (χ4v) is 4.32. The first-order valence-electron chi connectivity index (χ1n) is 10.3. The third kappa shape index (κ3) is 3.92. The van der Waals surface area contributed by atoms with Crippen LogP contribution in [0.25, 0.3) is 11.3 Å². The minimum atomic E-state index is -0.419. The number of nitrogens with one attached hydrogen (secondary N) is 1. The van der Waals surface area contributed by atoms with Crippen molar-refractivity contribution in [1.29, 1.82) is 0 Å². The molecule has 4 rings (SSSR count). The maximum atomic E-state index is 13.3. The maximum Gasteiger partial charge on any atom is 0.276 e. The molecule has 2 saturated heterocycles. The number of ether oxygens (including phenoxy) is 1. The van der Waals surface area contributed by atoms with E-state index in [1.165, 1.54) is 6.39 Å². The van der Waals surface area contributed by atoms with Crippen molar-refractivity contribution in [3.63, 3.8) is 0 Å². The average Bonchev–Trinajstić information content (AvgIpc) is 3.34. The van der Waals surface area contributed by atoms with Gasteiger partial charge < -0.3 is 19.4 Å². The molecule has 160 valence electrons. The Kier molecular flexibility index (Phi) is 5.51.